The number of hydrogen-bond donors (Lipinski definition) is 0. The van der Waals surface area contributed by atoms with Gasteiger partial charge in [0, 0.05) is 241 Å². The van der Waals surface area contributed by atoms with Crippen molar-refractivity contribution in [3.8, 4) is 0 Å². The van der Waals surface area contributed by atoms with Crippen molar-refractivity contribution in [2.24, 2.45) is 0 Å². The summed E-state index contributed by atoms with van der Waals surface area (Å²) in [7, 11) is 0. The quantitative estimate of drug-likeness (QED) is 0.106. The van der Waals surface area contributed by atoms with Crippen molar-refractivity contribution in [3.05, 3.63) is 523 Å². The Morgan fingerprint density at radius 3 is 0.277 bits per heavy atom. The molecule has 0 spiro atoms. The summed E-state index contributed by atoms with van der Waals surface area (Å²) in [6.45, 7) is 0. The second-order valence-electron chi connectivity index (χ2n) is 23.7. The van der Waals surface area contributed by atoms with Crippen LogP contribution in [0.2, 0.25) is 0 Å². The minimum atomic E-state index is 0. The van der Waals surface area contributed by atoms with Gasteiger partial charge in [0.1, 0.15) is 0 Å². The van der Waals surface area contributed by atoms with Crippen LogP contribution in [0.1, 0.15) is 136 Å². The molecule has 0 unspecified atom stereocenters. The summed E-state index contributed by atoms with van der Waals surface area (Å²) in [5.74, 6) is 7.83. The summed E-state index contributed by atoms with van der Waals surface area (Å²) in [6.07, 6.45) is 0. The van der Waals surface area contributed by atoms with E-state index < -0.39 is 0 Å². The topological polar surface area (TPSA) is 198 Å². The normalized spacial score (nSPS) is 12.2. The molecule has 2 radical (unpaired) electrons. The molecule has 101 heavy (non-hydrogen) atoms. The van der Waals surface area contributed by atoms with Gasteiger partial charge in [-0.25, -0.2) is 0 Å². The fraction of sp³-hybridized carbons (Fsp3) is 0. The molecule has 0 N–H and O–H groups in total. The Hall–Kier alpha value is -11.9. The molecule has 13 heteroatoms. The first kappa shape index (κ1) is 69.0. The largest absolute Gasteiger partial charge is 3.00 e. The van der Waals surface area contributed by atoms with Crippen LogP contribution in [0.3, 0.4) is 0 Å². The van der Waals surface area contributed by atoms with Gasteiger partial charge in [0.15, 0.2) is 0 Å². The summed E-state index contributed by atoms with van der Waals surface area (Å²) in [6, 6.07) is 117. The summed E-state index contributed by atoms with van der Waals surface area (Å²) in [5, 5.41) is 0. The Labute approximate surface area is 613 Å². The third-order valence-corrected chi connectivity index (χ3v) is 17.7. The van der Waals surface area contributed by atoms with Crippen LogP contribution in [0.4, 0.5) is 0 Å². The Bertz CT molecular complexity index is 4070. The summed E-state index contributed by atoms with van der Waals surface area (Å²) in [5.41, 5.74) is 22.2. The zero-order valence-electron chi connectivity index (χ0n) is 53.8. The van der Waals surface area contributed by atoms with Gasteiger partial charge in [-0.05, 0) is 237 Å². The van der Waals surface area contributed by atoms with Crippen LogP contribution in [-0.2, 0) is 55.4 Å². The third kappa shape index (κ3) is 13.5. The van der Waals surface area contributed by atoms with Crippen LogP contribution in [0.15, 0.2) is 340 Å². The number of benzene rings is 8. The molecule has 8 aromatic carbocycles. The van der Waals surface area contributed by atoms with Gasteiger partial charge in [-0.1, -0.05) is 0 Å². The molecule has 18 rings (SSSR count). The van der Waals surface area contributed by atoms with E-state index in [1.54, 1.807) is 0 Å². The molecule has 0 amide bonds. The van der Waals surface area contributed by atoms with Gasteiger partial charge < -0.3 is 56.3 Å². The maximum absolute atomic E-state index is 5.31. The van der Waals surface area contributed by atoms with E-state index in [1.807, 2.05) is 48.5 Å². The minimum Gasteiger partial charge on any atom is -2.00 e. The van der Waals surface area contributed by atoms with Crippen molar-refractivity contribution in [3.63, 3.8) is 0 Å². The van der Waals surface area contributed by atoms with Gasteiger partial charge >= 0.3 is 39.0 Å². The molecule has 2 aliphatic heterocycles. The maximum Gasteiger partial charge on any atom is 3.00 e. The summed E-state index contributed by atoms with van der Waals surface area (Å²) in [4.78, 5) is 42.5. The van der Waals surface area contributed by atoms with Crippen LogP contribution < -0.4 is 39.9 Å². The van der Waals surface area contributed by atoms with Gasteiger partial charge in [0.05, 0.1) is 44.5 Å². The Morgan fingerprint density at radius 1 is 0.119 bits per heavy atom. The molecule has 8 aromatic heterocycles. The van der Waals surface area contributed by atoms with Crippen LogP contribution in [0.25, 0.3) is 0 Å². The molecule has 10 heterocycles. The first-order chi connectivity index (χ1) is 47.6. The van der Waals surface area contributed by atoms with Gasteiger partial charge in [0.25, 0.3) is 0 Å². The Balaban J connectivity index is 0.000000182. The molecule has 0 saturated carbocycles. The van der Waals surface area contributed by atoms with Crippen LogP contribution in [-0.4, -0.2) is 0 Å². The van der Waals surface area contributed by atoms with Crippen LogP contribution in [0, 0.1) is 47.3 Å². The first-order valence-corrected chi connectivity index (χ1v) is 32.1. The predicted molar refractivity (Wildman–Crippen MR) is 376 cm³/mol. The Morgan fingerprint density at radius 2 is 0.198 bits per heavy atom. The third-order valence-electron chi connectivity index (χ3n) is 17.7. The summed E-state index contributed by atoms with van der Waals surface area (Å²) >= 11 is 0. The van der Waals surface area contributed by atoms with E-state index >= 15 is 0 Å². The molecule has 482 valence electrons. The molecular weight excluding hydrogens is 1420 g/mol. The van der Waals surface area contributed by atoms with Crippen molar-refractivity contribution in [2.75, 3.05) is 0 Å². The smallest absolute Gasteiger partial charge is 2.00 e. The number of nitrogens with zero attached hydrogens (tertiary/aromatic N) is 8. The molecule has 0 atom stereocenters. The molecule has 0 fully saturated rings. The second-order valence-corrected chi connectivity index (χ2v) is 23.7. The summed E-state index contributed by atoms with van der Waals surface area (Å²) < 4.78 is 0. The number of aromatic nitrogens is 8. The fourth-order valence-electron chi connectivity index (χ4n) is 13.4. The van der Waals surface area contributed by atoms with E-state index in [9.17, 15) is 0 Å². The van der Waals surface area contributed by atoms with Crippen molar-refractivity contribution in [1.82, 2.24) is 39.9 Å². The monoisotopic (exact) mass is 1480 g/mol. The molecule has 16 bridgehead atoms. The van der Waals surface area contributed by atoms with Gasteiger partial charge in [-0.3, -0.25) is 0 Å². The zero-order valence-corrected chi connectivity index (χ0v) is 57.3. The van der Waals surface area contributed by atoms with Crippen molar-refractivity contribution >= 4 is 0 Å². The predicted octanol–water partition coefficient (Wildman–Crippen LogP) is 15.4. The van der Waals surface area contributed by atoms with E-state index in [0.717, 1.165) is 183 Å². The standard InChI is InChI=1S/2C44H28N4.3O.2Ru/c2*1-5-13-29(14-6-1)41-33-21-23-35(45-33)42(30-15-7-2-8-16-30)37-25-27-39(47-37)44(32-19-11-4-12-20-32)40-28-26-38(48-40)43(31-17-9-3-10-18-31)36-24-22-34(41)46-36;;;;;/h2*1-28H;;;;;/q;;3*-2;2*+3. The van der Waals surface area contributed by atoms with Crippen molar-refractivity contribution < 1.29 is 55.4 Å². The van der Waals surface area contributed by atoms with E-state index in [-0.39, 0.29) is 55.4 Å². The van der Waals surface area contributed by atoms with Gasteiger partial charge in [0.2, 0.25) is 0 Å². The van der Waals surface area contributed by atoms with Crippen LogP contribution >= 0.6 is 0 Å². The first-order valence-electron chi connectivity index (χ1n) is 32.1. The number of hydrogen-bond acceptors (Lipinski definition) is 0. The molecule has 2 aliphatic rings. The van der Waals surface area contributed by atoms with Crippen molar-refractivity contribution in [1.29, 1.82) is 0 Å². The SMILES string of the molecule is [O-2].[O-2].[O-2].[Ru+3].[Ru+3].c1ccc([C+]2c3ccc([n-]3)[C+](c3ccccc3)c3ccc([n-]3)[C+](c3ccccc3)c3ccc([n-]3)[C+](c3ccccc3)c3ccc2[n-]3)cc1.c1ccc([C+]2c3ccc([n-]3)[C+](c3ccccc3)c3ccc([n-]3)[C+](c3ccccc3)c3ccc([n-]3)[C+](c3ccccc3)c3ccc2[n-]3)cc1. The van der Waals surface area contributed by atoms with E-state index in [2.05, 4.69) is 291 Å². The maximum atomic E-state index is 5.31. The molecule has 0 aliphatic carbocycles. The number of fused-ring (bicyclic) bond motifs is 16. The average molecular weight is 1480 g/mol. The zero-order chi connectivity index (χ0) is 63.7. The average Bonchev–Trinajstić information content (AvgIpc) is 1.63. The second kappa shape index (κ2) is 30.5. The van der Waals surface area contributed by atoms with Gasteiger partial charge in [-0.2, -0.15) is 0 Å². The van der Waals surface area contributed by atoms with E-state index in [0.29, 0.717) is 0 Å². The van der Waals surface area contributed by atoms with E-state index in [4.69, 9.17) is 39.9 Å². The minimum absolute atomic E-state index is 0. The fourth-order valence-corrected chi connectivity index (χ4v) is 13.4. The molecule has 11 nitrogen and oxygen atoms in total. The van der Waals surface area contributed by atoms with Crippen molar-refractivity contribution in [2.45, 2.75) is 0 Å². The van der Waals surface area contributed by atoms with Gasteiger partial charge in [-0.15, -0.1) is 0 Å². The van der Waals surface area contributed by atoms with Crippen LogP contribution in [0.5, 0.6) is 0 Å². The molecule has 0 saturated heterocycles. The Kier molecular flexibility index (Phi) is 20.8. The molecule has 16 aromatic rings. The molecular formula is C88H56N8O3Ru2. The number of rotatable bonds is 8. The van der Waals surface area contributed by atoms with E-state index in [1.165, 1.54) is 0 Å².